The number of rotatable bonds is 4. The smallest absolute Gasteiger partial charge is 0.310 e. The van der Waals surface area contributed by atoms with E-state index in [4.69, 9.17) is 0 Å². The molecular formula is C13H18N4O3. The van der Waals surface area contributed by atoms with E-state index in [1.165, 1.54) is 12.4 Å². The summed E-state index contributed by atoms with van der Waals surface area (Å²) in [5.41, 5.74) is -0.956. The Bertz CT molecular complexity index is 470. The van der Waals surface area contributed by atoms with Crippen LogP contribution in [0.25, 0.3) is 0 Å². The van der Waals surface area contributed by atoms with Gasteiger partial charge >= 0.3 is 5.97 Å². The van der Waals surface area contributed by atoms with Crippen molar-refractivity contribution in [3.05, 3.63) is 12.4 Å². The molecule has 0 aromatic carbocycles. The van der Waals surface area contributed by atoms with E-state index < -0.39 is 11.4 Å². The first-order chi connectivity index (χ1) is 9.62. The van der Waals surface area contributed by atoms with Crippen LogP contribution in [0.15, 0.2) is 12.4 Å². The summed E-state index contributed by atoms with van der Waals surface area (Å²) >= 11 is 0. The van der Waals surface area contributed by atoms with Crippen molar-refractivity contribution in [2.75, 3.05) is 5.32 Å². The molecule has 1 saturated carbocycles. The molecule has 0 spiro atoms. The van der Waals surface area contributed by atoms with E-state index in [0.717, 1.165) is 25.7 Å². The molecule has 0 saturated heterocycles. The highest BCUT2D eigenvalue weighted by molar-refractivity contribution is 5.92. The van der Waals surface area contributed by atoms with E-state index in [-0.39, 0.29) is 18.3 Å². The van der Waals surface area contributed by atoms with Crippen molar-refractivity contribution in [2.45, 2.75) is 44.9 Å². The quantitative estimate of drug-likeness (QED) is 0.811. The first-order valence-electron chi connectivity index (χ1n) is 6.79. The zero-order chi connectivity index (χ0) is 14.4. The Morgan fingerprint density at radius 1 is 1.20 bits per heavy atom. The Labute approximate surface area is 116 Å². The number of amides is 1. The number of hydrogen-bond donors (Lipinski definition) is 2. The van der Waals surface area contributed by atoms with Gasteiger partial charge in [-0.05, 0) is 12.8 Å². The van der Waals surface area contributed by atoms with Crippen LogP contribution in [0.1, 0.15) is 44.9 Å². The minimum absolute atomic E-state index is 0.0411. The molecule has 0 atom stereocenters. The van der Waals surface area contributed by atoms with Crippen molar-refractivity contribution in [3.8, 4) is 0 Å². The van der Waals surface area contributed by atoms with Crippen LogP contribution in [0, 0.1) is 5.41 Å². The van der Waals surface area contributed by atoms with Crippen LogP contribution in [0.2, 0.25) is 0 Å². The summed E-state index contributed by atoms with van der Waals surface area (Å²) < 4.78 is 0. The van der Waals surface area contributed by atoms with Gasteiger partial charge in [0, 0.05) is 6.42 Å². The molecule has 1 aromatic rings. The van der Waals surface area contributed by atoms with Crippen LogP contribution in [-0.2, 0) is 9.59 Å². The summed E-state index contributed by atoms with van der Waals surface area (Å²) in [5, 5.41) is 19.3. The molecule has 1 amide bonds. The maximum Gasteiger partial charge on any atom is 0.310 e. The maximum absolute atomic E-state index is 12.0. The topological polar surface area (TPSA) is 105 Å². The predicted octanol–water partition coefficient (Wildman–Crippen LogP) is 1.63. The van der Waals surface area contributed by atoms with Gasteiger partial charge in [-0.2, -0.15) is 5.10 Å². The second kappa shape index (κ2) is 6.40. The molecule has 1 fully saturated rings. The number of carboxylic acids is 1. The number of carboxylic acid groups (broad SMARTS) is 1. The van der Waals surface area contributed by atoms with Crippen molar-refractivity contribution < 1.29 is 14.7 Å². The van der Waals surface area contributed by atoms with Crippen LogP contribution in [0.3, 0.4) is 0 Å². The molecule has 7 nitrogen and oxygen atoms in total. The number of aromatic nitrogens is 3. The van der Waals surface area contributed by atoms with Crippen LogP contribution in [0.5, 0.6) is 0 Å². The standard InChI is InChI=1S/C13H18N4O3/c18-10(16-12-14-7-8-15-17-12)9-13(11(19)20)5-3-1-2-4-6-13/h7-8H,1-6,9H2,(H,19,20)(H,14,16,17,18). The molecule has 1 aliphatic carbocycles. The average molecular weight is 278 g/mol. The molecule has 2 rings (SSSR count). The van der Waals surface area contributed by atoms with Gasteiger partial charge in [0.15, 0.2) is 0 Å². The lowest BCUT2D eigenvalue weighted by atomic mass is 9.77. The molecule has 1 heterocycles. The molecule has 1 aliphatic rings. The number of carbonyl (C=O) groups is 2. The molecule has 0 unspecified atom stereocenters. The van der Waals surface area contributed by atoms with E-state index in [2.05, 4.69) is 20.5 Å². The van der Waals surface area contributed by atoms with Crippen molar-refractivity contribution in [1.82, 2.24) is 15.2 Å². The molecule has 0 aliphatic heterocycles. The first-order valence-corrected chi connectivity index (χ1v) is 6.79. The van der Waals surface area contributed by atoms with Crippen molar-refractivity contribution in [3.63, 3.8) is 0 Å². The highest BCUT2D eigenvalue weighted by atomic mass is 16.4. The van der Waals surface area contributed by atoms with E-state index >= 15 is 0 Å². The van der Waals surface area contributed by atoms with E-state index in [1.54, 1.807) is 0 Å². The van der Waals surface area contributed by atoms with Crippen LogP contribution < -0.4 is 5.32 Å². The SMILES string of the molecule is O=C(CC1(C(=O)O)CCCCCC1)Nc1nccnn1. The van der Waals surface area contributed by atoms with Gasteiger partial charge in [0.25, 0.3) is 0 Å². The molecular weight excluding hydrogens is 260 g/mol. The second-order valence-corrected chi connectivity index (χ2v) is 5.19. The summed E-state index contributed by atoms with van der Waals surface area (Å²) in [7, 11) is 0. The van der Waals surface area contributed by atoms with Crippen LogP contribution in [0.4, 0.5) is 5.95 Å². The normalized spacial score (nSPS) is 18.0. The third kappa shape index (κ3) is 3.49. The maximum atomic E-state index is 12.0. The molecule has 0 radical (unpaired) electrons. The lowest BCUT2D eigenvalue weighted by Crippen LogP contribution is -2.35. The van der Waals surface area contributed by atoms with Gasteiger partial charge in [-0.15, -0.1) is 5.10 Å². The van der Waals surface area contributed by atoms with Crippen LogP contribution >= 0.6 is 0 Å². The zero-order valence-corrected chi connectivity index (χ0v) is 11.2. The van der Waals surface area contributed by atoms with Gasteiger partial charge in [-0.3, -0.25) is 14.9 Å². The minimum atomic E-state index is -0.956. The van der Waals surface area contributed by atoms with Crippen LogP contribution in [-0.4, -0.2) is 32.2 Å². The van der Waals surface area contributed by atoms with Gasteiger partial charge in [0.1, 0.15) is 0 Å². The minimum Gasteiger partial charge on any atom is -0.481 e. The monoisotopic (exact) mass is 278 g/mol. The Hall–Kier alpha value is -2.05. The first kappa shape index (κ1) is 14.4. The van der Waals surface area contributed by atoms with Gasteiger partial charge in [0.05, 0.1) is 17.8 Å². The Morgan fingerprint density at radius 2 is 1.90 bits per heavy atom. The number of nitrogens with one attached hydrogen (secondary N) is 1. The van der Waals surface area contributed by atoms with E-state index in [0.29, 0.717) is 12.8 Å². The summed E-state index contributed by atoms with van der Waals surface area (Å²) in [6.07, 6.45) is 7.63. The summed E-state index contributed by atoms with van der Waals surface area (Å²) in [5.74, 6) is -1.16. The average Bonchev–Trinajstić information content (AvgIpc) is 2.66. The summed E-state index contributed by atoms with van der Waals surface area (Å²) in [4.78, 5) is 27.5. The molecule has 1 aromatic heterocycles. The molecule has 108 valence electrons. The highest BCUT2D eigenvalue weighted by Crippen LogP contribution is 2.38. The van der Waals surface area contributed by atoms with Gasteiger partial charge in [-0.1, -0.05) is 25.7 Å². The van der Waals surface area contributed by atoms with Crippen molar-refractivity contribution >= 4 is 17.8 Å². The third-order valence-corrected chi connectivity index (χ3v) is 3.75. The largest absolute Gasteiger partial charge is 0.481 e. The lowest BCUT2D eigenvalue weighted by Gasteiger charge is -2.27. The van der Waals surface area contributed by atoms with E-state index in [1.807, 2.05) is 0 Å². The summed E-state index contributed by atoms with van der Waals surface area (Å²) in [6, 6.07) is 0. The fraction of sp³-hybridized carbons (Fsp3) is 0.615. The Morgan fingerprint density at radius 3 is 2.45 bits per heavy atom. The number of aliphatic carboxylic acids is 1. The van der Waals surface area contributed by atoms with Crippen molar-refractivity contribution in [2.24, 2.45) is 5.41 Å². The van der Waals surface area contributed by atoms with E-state index in [9.17, 15) is 14.7 Å². The molecule has 20 heavy (non-hydrogen) atoms. The lowest BCUT2D eigenvalue weighted by molar-refractivity contribution is -0.152. The second-order valence-electron chi connectivity index (χ2n) is 5.19. The zero-order valence-electron chi connectivity index (χ0n) is 11.2. The summed E-state index contributed by atoms with van der Waals surface area (Å²) in [6.45, 7) is 0. The number of hydrogen-bond acceptors (Lipinski definition) is 5. The molecule has 0 bridgehead atoms. The molecule has 7 heteroatoms. The Balaban J connectivity index is 2.04. The molecule has 2 N–H and O–H groups in total. The number of nitrogens with zero attached hydrogens (tertiary/aromatic N) is 3. The van der Waals surface area contributed by atoms with Gasteiger partial charge in [0.2, 0.25) is 11.9 Å². The number of carbonyl (C=O) groups excluding carboxylic acids is 1. The number of anilines is 1. The van der Waals surface area contributed by atoms with Gasteiger partial charge < -0.3 is 5.11 Å². The Kier molecular flexibility index (Phi) is 4.60. The predicted molar refractivity (Wildman–Crippen MR) is 70.8 cm³/mol. The fourth-order valence-corrected chi connectivity index (χ4v) is 2.65. The van der Waals surface area contributed by atoms with Crippen molar-refractivity contribution in [1.29, 1.82) is 0 Å². The van der Waals surface area contributed by atoms with Gasteiger partial charge in [-0.25, -0.2) is 4.98 Å². The highest BCUT2D eigenvalue weighted by Gasteiger charge is 2.40. The fourth-order valence-electron chi connectivity index (χ4n) is 2.65. The third-order valence-electron chi connectivity index (χ3n) is 3.75.